The predicted octanol–water partition coefficient (Wildman–Crippen LogP) is 6.30. The topological polar surface area (TPSA) is 0 Å². The van der Waals surface area contributed by atoms with Crippen molar-refractivity contribution in [2.75, 3.05) is 0 Å². The lowest BCUT2D eigenvalue weighted by atomic mass is 9.75. The van der Waals surface area contributed by atoms with Crippen molar-refractivity contribution in [3.8, 4) is 0 Å². The normalized spacial score (nSPS) is 23.2. The summed E-state index contributed by atoms with van der Waals surface area (Å²) >= 11 is 0. The van der Waals surface area contributed by atoms with Gasteiger partial charge in [-0.05, 0) is 37.7 Å². The van der Waals surface area contributed by atoms with Gasteiger partial charge in [0.25, 0.3) is 5.92 Å². The zero-order valence-corrected chi connectivity index (χ0v) is 12.8. The van der Waals surface area contributed by atoms with Crippen LogP contribution in [0, 0.1) is 17.7 Å². The van der Waals surface area contributed by atoms with E-state index < -0.39 is 23.2 Å². The fourth-order valence-corrected chi connectivity index (χ4v) is 3.45. The second kappa shape index (κ2) is 7.33. The highest BCUT2D eigenvalue weighted by atomic mass is 19.3. The summed E-state index contributed by atoms with van der Waals surface area (Å²) in [5.74, 6) is -3.95. The molecule has 0 heterocycles. The highest BCUT2D eigenvalue weighted by molar-refractivity contribution is 5.23. The maximum atomic E-state index is 14.5. The minimum Gasteiger partial charge on any atom is -0.206 e. The first-order chi connectivity index (χ1) is 10.1. The van der Waals surface area contributed by atoms with Gasteiger partial charge in [0.05, 0.1) is 5.56 Å². The molecular weight excluding hydrogens is 273 g/mol. The highest BCUT2D eigenvalue weighted by Gasteiger charge is 2.44. The molecule has 0 radical (unpaired) electrons. The molecule has 1 aromatic carbocycles. The zero-order valence-electron chi connectivity index (χ0n) is 12.8. The summed E-state index contributed by atoms with van der Waals surface area (Å²) in [4.78, 5) is 0. The van der Waals surface area contributed by atoms with Crippen molar-refractivity contribution in [1.29, 1.82) is 0 Å². The van der Waals surface area contributed by atoms with Gasteiger partial charge in [-0.1, -0.05) is 50.8 Å². The van der Waals surface area contributed by atoms with Crippen molar-refractivity contribution in [2.45, 2.75) is 64.2 Å². The number of halogens is 3. The average molecular weight is 298 g/mol. The Morgan fingerprint density at radius 3 is 2.33 bits per heavy atom. The molecule has 0 spiro atoms. The third-order valence-corrected chi connectivity index (χ3v) is 4.81. The van der Waals surface area contributed by atoms with Crippen LogP contribution >= 0.6 is 0 Å². The van der Waals surface area contributed by atoms with Crippen molar-refractivity contribution in [3.63, 3.8) is 0 Å². The molecule has 0 N–H and O–H groups in total. The van der Waals surface area contributed by atoms with E-state index in [0.29, 0.717) is 18.8 Å². The summed E-state index contributed by atoms with van der Waals surface area (Å²) in [7, 11) is 0. The van der Waals surface area contributed by atoms with Gasteiger partial charge >= 0.3 is 0 Å². The van der Waals surface area contributed by atoms with E-state index in [1.807, 2.05) is 0 Å². The summed E-state index contributed by atoms with van der Waals surface area (Å²) in [6, 6.07) is 5.30. The van der Waals surface area contributed by atoms with Crippen molar-refractivity contribution in [2.24, 2.45) is 11.8 Å². The molecule has 21 heavy (non-hydrogen) atoms. The summed E-state index contributed by atoms with van der Waals surface area (Å²) in [6.45, 7) is 2.17. The second-order valence-corrected chi connectivity index (χ2v) is 6.32. The lowest BCUT2D eigenvalue weighted by Crippen LogP contribution is -2.30. The Labute approximate surface area is 125 Å². The Kier molecular flexibility index (Phi) is 5.72. The van der Waals surface area contributed by atoms with Crippen LogP contribution in [0.25, 0.3) is 0 Å². The number of hydrogen-bond acceptors (Lipinski definition) is 0. The third-order valence-electron chi connectivity index (χ3n) is 4.81. The Morgan fingerprint density at radius 1 is 1.05 bits per heavy atom. The molecule has 0 aliphatic heterocycles. The fourth-order valence-electron chi connectivity index (χ4n) is 3.45. The molecule has 0 saturated heterocycles. The van der Waals surface area contributed by atoms with Crippen LogP contribution in [-0.2, 0) is 5.92 Å². The van der Waals surface area contributed by atoms with Gasteiger partial charge in [0.1, 0.15) is 5.82 Å². The molecule has 0 unspecified atom stereocenters. The van der Waals surface area contributed by atoms with Crippen LogP contribution in [-0.4, -0.2) is 0 Å². The van der Waals surface area contributed by atoms with E-state index in [-0.39, 0.29) is 0 Å². The van der Waals surface area contributed by atoms with E-state index in [4.69, 9.17) is 0 Å². The van der Waals surface area contributed by atoms with Crippen LogP contribution in [0.1, 0.15) is 63.9 Å². The van der Waals surface area contributed by atoms with Crippen molar-refractivity contribution < 1.29 is 13.2 Å². The largest absolute Gasteiger partial charge is 0.278 e. The minimum absolute atomic E-state index is 0.431. The van der Waals surface area contributed by atoms with Gasteiger partial charge in [0.15, 0.2) is 0 Å². The van der Waals surface area contributed by atoms with Crippen LogP contribution in [0.5, 0.6) is 0 Å². The molecule has 0 nitrogen and oxygen atoms in total. The monoisotopic (exact) mass is 298 g/mol. The Morgan fingerprint density at radius 2 is 1.71 bits per heavy atom. The van der Waals surface area contributed by atoms with E-state index in [2.05, 4.69) is 6.92 Å². The van der Waals surface area contributed by atoms with Gasteiger partial charge in [-0.2, -0.15) is 0 Å². The van der Waals surface area contributed by atoms with E-state index in [1.54, 1.807) is 0 Å². The maximum Gasteiger partial charge on any atom is 0.278 e. The van der Waals surface area contributed by atoms with Crippen molar-refractivity contribution >= 4 is 0 Å². The van der Waals surface area contributed by atoms with Crippen molar-refractivity contribution in [1.82, 2.24) is 0 Å². The molecule has 3 heteroatoms. The van der Waals surface area contributed by atoms with Crippen LogP contribution in [0.2, 0.25) is 0 Å². The van der Waals surface area contributed by atoms with Crippen LogP contribution < -0.4 is 0 Å². The first-order valence-electron chi connectivity index (χ1n) is 8.18. The number of rotatable bonds is 6. The Hall–Kier alpha value is -0.990. The van der Waals surface area contributed by atoms with Gasteiger partial charge in [-0.3, -0.25) is 0 Å². The SMILES string of the molecule is CCCCCC1CCC(C(F)(F)c2ccccc2F)CC1. The zero-order chi connectivity index (χ0) is 15.3. The lowest BCUT2D eigenvalue weighted by Gasteiger charge is -2.34. The smallest absolute Gasteiger partial charge is 0.206 e. The number of alkyl halides is 2. The first kappa shape index (κ1) is 16.4. The fraction of sp³-hybridized carbons (Fsp3) is 0.667. The Bertz CT molecular complexity index is 434. The molecule has 0 aromatic heterocycles. The van der Waals surface area contributed by atoms with Gasteiger partial charge < -0.3 is 0 Å². The standard InChI is InChI=1S/C18H25F3/c1-2-3-4-7-14-10-12-15(13-11-14)18(20,21)16-8-5-6-9-17(16)19/h5-6,8-9,14-15H,2-4,7,10-13H2,1H3. The van der Waals surface area contributed by atoms with Gasteiger partial charge in [-0.25, -0.2) is 13.2 Å². The maximum absolute atomic E-state index is 14.5. The average Bonchev–Trinajstić information content (AvgIpc) is 2.48. The molecular formula is C18H25F3. The van der Waals surface area contributed by atoms with Crippen LogP contribution in [0.15, 0.2) is 24.3 Å². The molecule has 0 amide bonds. The van der Waals surface area contributed by atoms with E-state index >= 15 is 0 Å². The summed E-state index contributed by atoms with van der Waals surface area (Å²) < 4.78 is 42.6. The number of hydrogen-bond donors (Lipinski definition) is 0. The molecule has 0 bridgehead atoms. The summed E-state index contributed by atoms with van der Waals surface area (Å²) in [6.07, 6.45) is 7.53. The summed E-state index contributed by atoms with van der Waals surface area (Å²) in [5.41, 5.74) is -0.431. The quantitative estimate of drug-likeness (QED) is 0.540. The number of benzene rings is 1. The molecule has 1 saturated carbocycles. The van der Waals surface area contributed by atoms with Gasteiger partial charge in [0.2, 0.25) is 0 Å². The lowest BCUT2D eigenvalue weighted by molar-refractivity contribution is -0.0849. The Balaban J connectivity index is 1.93. The predicted molar refractivity (Wildman–Crippen MR) is 79.9 cm³/mol. The van der Waals surface area contributed by atoms with E-state index in [1.165, 1.54) is 37.5 Å². The first-order valence-corrected chi connectivity index (χ1v) is 8.18. The molecule has 1 aliphatic rings. The highest BCUT2D eigenvalue weighted by Crippen LogP contribution is 2.46. The minimum atomic E-state index is -3.04. The molecule has 2 rings (SSSR count). The molecule has 1 aromatic rings. The van der Waals surface area contributed by atoms with E-state index in [9.17, 15) is 13.2 Å². The van der Waals surface area contributed by atoms with Gasteiger partial charge in [0, 0.05) is 5.92 Å². The molecule has 118 valence electrons. The second-order valence-electron chi connectivity index (χ2n) is 6.32. The molecule has 1 fully saturated rings. The molecule has 1 aliphatic carbocycles. The third kappa shape index (κ3) is 4.02. The van der Waals surface area contributed by atoms with Crippen molar-refractivity contribution in [3.05, 3.63) is 35.6 Å². The molecule has 0 atom stereocenters. The van der Waals surface area contributed by atoms with Gasteiger partial charge in [-0.15, -0.1) is 0 Å². The van der Waals surface area contributed by atoms with E-state index in [0.717, 1.165) is 25.3 Å². The summed E-state index contributed by atoms with van der Waals surface area (Å²) in [5, 5.41) is 0. The van der Waals surface area contributed by atoms with Crippen LogP contribution in [0.4, 0.5) is 13.2 Å². The number of unbranched alkanes of at least 4 members (excludes halogenated alkanes) is 2. The van der Waals surface area contributed by atoms with Crippen LogP contribution in [0.3, 0.4) is 0 Å².